The third-order valence-corrected chi connectivity index (χ3v) is 6.67. The lowest BCUT2D eigenvalue weighted by Gasteiger charge is -2.21. The minimum absolute atomic E-state index is 0.153. The zero-order valence-corrected chi connectivity index (χ0v) is 11.1. The fourth-order valence-electron chi connectivity index (χ4n) is 3.51. The summed E-state index contributed by atoms with van der Waals surface area (Å²) in [6, 6.07) is 8.54. The number of allylic oxidation sites excluding steroid dienone is 2. The van der Waals surface area contributed by atoms with Gasteiger partial charge in [-0.3, -0.25) is 4.79 Å². The van der Waals surface area contributed by atoms with E-state index in [1.165, 1.54) is 16.9 Å². The van der Waals surface area contributed by atoms with Crippen LogP contribution in [0.5, 0.6) is 0 Å². The Balaban J connectivity index is 1.78. The van der Waals surface area contributed by atoms with Gasteiger partial charge in [0.2, 0.25) is 0 Å². The summed E-state index contributed by atoms with van der Waals surface area (Å²) in [5, 5.41) is 0.454. The number of carbonyl (C=O) groups excluding carboxylic acids is 1. The molecular weight excluding hydrogens is 242 g/mol. The highest BCUT2D eigenvalue weighted by molar-refractivity contribution is 7.88. The van der Waals surface area contributed by atoms with Gasteiger partial charge in [-0.25, -0.2) is 0 Å². The van der Waals surface area contributed by atoms with E-state index in [4.69, 9.17) is 0 Å². The van der Waals surface area contributed by atoms with Crippen molar-refractivity contribution >= 4 is 16.6 Å². The normalized spacial score (nSPS) is 40.1. The van der Waals surface area contributed by atoms with Crippen LogP contribution in [0.25, 0.3) is 0 Å². The molecule has 92 valence electrons. The number of hydrogen-bond acceptors (Lipinski definition) is 1. The van der Waals surface area contributed by atoms with Crippen LogP contribution in [0.2, 0.25) is 0 Å². The van der Waals surface area contributed by atoms with Crippen LogP contribution in [-0.2, 0) is 15.5 Å². The molecule has 1 amide bonds. The molecule has 2 aliphatic carbocycles. The largest absolute Gasteiger partial charge is 0.272 e. The predicted molar refractivity (Wildman–Crippen MR) is 72.3 cm³/mol. The average Bonchev–Trinajstić information content (AvgIpc) is 3.03. The summed E-state index contributed by atoms with van der Waals surface area (Å²) < 4.78 is 4.46. The molecule has 0 N–H and O–H groups in total. The molecule has 1 aromatic rings. The Morgan fingerprint density at radius 3 is 2.67 bits per heavy atom. The van der Waals surface area contributed by atoms with Gasteiger partial charge in [0.1, 0.15) is 0 Å². The Labute approximate surface area is 109 Å². The molecule has 0 spiro atoms. The lowest BCUT2D eigenvalue weighted by molar-refractivity contribution is -0.121. The summed E-state index contributed by atoms with van der Waals surface area (Å²) in [6.07, 6.45) is 5.72. The summed E-state index contributed by atoms with van der Waals surface area (Å²) in [4.78, 5) is 13.3. The molecule has 0 aromatic heterocycles. The molecule has 2 bridgehead atoms. The van der Waals surface area contributed by atoms with E-state index < -0.39 is 0 Å². The highest BCUT2D eigenvalue weighted by Gasteiger charge is 2.53. The van der Waals surface area contributed by atoms with E-state index in [0.29, 0.717) is 17.1 Å². The van der Waals surface area contributed by atoms with Crippen molar-refractivity contribution in [1.29, 1.82) is 0 Å². The minimum Gasteiger partial charge on any atom is -0.272 e. The molecule has 1 fully saturated rings. The van der Waals surface area contributed by atoms with E-state index in [1.54, 1.807) is 0 Å². The van der Waals surface area contributed by atoms with Crippen LogP contribution in [0, 0.1) is 24.7 Å². The fourth-order valence-corrected chi connectivity index (χ4v) is 5.91. The molecule has 1 unspecified atom stereocenters. The van der Waals surface area contributed by atoms with Gasteiger partial charge < -0.3 is 0 Å². The quantitative estimate of drug-likeness (QED) is 0.711. The molecule has 5 atom stereocenters. The monoisotopic (exact) mass is 257 g/mol. The molecule has 1 aromatic carbocycles. The lowest BCUT2D eigenvalue weighted by atomic mass is 9.93. The van der Waals surface area contributed by atoms with Gasteiger partial charge in [-0.05, 0) is 37.3 Å². The van der Waals surface area contributed by atoms with Crippen LogP contribution in [0.15, 0.2) is 45.7 Å². The van der Waals surface area contributed by atoms with E-state index in [2.05, 4.69) is 47.7 Å². The standard InChI is InChI=1S/C15H15NOS/c1-9-2-6-12(7-3-9)18-14-11-5-4-10(8-11)13(14)15(17)16-18/h2-7,10-11,13-14H,8H2,1H3/t10-,11+,13+,14-,18?/m1/s1. The van der Waals surface area contributed by atoms with Gasteiger partial charge in [0.05, 0.1) is 5.92 Å². The first-order chi connectivity index (χ1) is 8.74. The summed E-state index contributed by atoms with van der Waals surface area (Å²) in [7, 11) is -0.210. The van der Waals surface area contributed by atoms with Gasteiger partial charge in [0.25, 0.3) is 5.91 Å². The number of hydrogen-bond donors (Lipinski definition) is 0. The first-order valence-corrected chi connectivity index (χ1v) is 7.72. The second kappa shape index (κ2) is 3.64. The van der Waals surface area contributed by atoms with Crippen molar-refractivity contribution < 1.29 is 4.79 Å². The second-order valence-electron chi connectivity index (χ2n) is 5.50. The van der Waals surface area contributed by atoms with E-state index in [1.807, 2.05) is 0 Å². The first-order valence-electron chi connectivity index (χ1n) is 6.48. The third kappa shape index (κ3) is 1.34. The second-order valence-corrected chi connectivity index (χ2v) is 7.32. The predicted octanol–water partition coefficient (Wildman–Crippen LogP) is 2.89. The summed E-state index contributed by atoms with van der Waals surface area (Å²) in [5.74, 6) is 1.39. The van der Waals surface area contributed by atoms with Crippen LogP contribution in [0.3, 0.4) is 0 Å². The van der Waals surface area contributed by atoms with E-state index >= 15 is 0 Å². The zero-order valence-electron chi connectivity index (χ0n) is 10.2. The van der Waals surface area contributed by atoms with Gasteiger partial charge in [0.15, 0.2) is 0 Å². The number of carbonyl (C=O) groups is 1. The first kappa shape index (κ1) is 10.7. The molecule has 3 heteroatoms. The van der Waals surface area contributed by atoms with Crippen LogP contribution in [-0.4, -0.2) is 11.2 Å². The topological polar surface area (TPSA) is 29.4 Å². The van der Waals surface area contributed by atoms with Crippen molar-refractivity contribution in [2.75, 3.05) is 0 Å². The van der Waals surface area contributed by atoms with Crippen molar-refractivity contribution in [3.05, 3.63) is 42.0 Å². The maximum absolute atomic E-state index is 12.1. The Morgan fingerprint density at radius 2 is 1.89 bits per heavy atom. The molecule has 3 aliphatic rings. The number of benzene rings is 1. The van der Waals surface area contributed by atoms with Crippen LogP contribution >= 0.6 is 0 Å². The average molecular weight is 257 g/mol. The van der Waals surface area contributed by atoms with Crippen molar-refractivity contribution in [2.24, 2.45) is 22.1 Å². The maximum Gasteiger partial charge on any atom is 0.256 e. The summed E-state index contributed by atoms with van der Waals surface area (Å²) in [5.41, 5.74) is 1.26. The fraction of sp³-hybridized carbons (Fsp3) is 0.400. The summed E-state index contributed by atoms with van der Waals surface area (Å²) >= 11 is 0. The molecule has 2 nitrogen and oxygen atoms in total. The Hall–Kier alpha value is -1.22. The number of rotatable bonds is 1. The van der Waals surface area contributed by atoms with Gasteiger partial charge >= 0.3 is 0 Å². The number of aryl methyl sites for hydroxylation is 1. The Morgan fingerprint density at radius 1 is 1.17 bits per heavy atom. The van der Waals surface area contributed by atoms with Crippen molar-refractivity contribution in [3.63, 3.8) is 0 Å². The molecule has 0 radical (unpaired) electrons. The highest BCUT2D eigenvalue weighted by atomic mass is 32.2. The summed E-state index contributed by atoms with van der Waals surface area (Å²) in [6.45, 7) is 2.09. The van der Waals surface area contributed by atoms with Crippen molar-refractivity contribution in [2.45, 2.75) is 23.5 Å². The third-order valence-electron chi connectivity index (χ3n) is 4.38. The maximum atomic E-state index is 12.1. The van der Waals surface area contributed by atoms with Gasteiger partial charge in [-0.1, -0.05) is 40.5 Å². The Kier molecular flexibility index (Phi) is 2.16. The van der Waals surface area contributed by atoms with E-state index in [-0.39, 0.29) is 22.5 Å². The number of amides is 1. The zero-order chi connectivity index (χ0) is 12.3. The van der Waals surface area contributed by atoms with E-state index in [0.717, 1.165) is 0 Å². The molecule has 0 saturated heterocycles. The van der Waals surface area contributed by atoms with Gasteiger partial charge in [0, 0.05) is 10.1 Å². The lowest BCUT2D eigenvalue weighted by Crippen LogP contribution is -2.27. The van der Waals surface area contributed by atoms with E-state index in [9.17, 15) is 4.79 Å². The molecule has 1 saturated carbocycles. The Bertz CT molecular complexity index is 587. The van der Waals surface area contributed by atoms with Crippen LogP contribution < -0.4 is 0 Å². The molecule has 4 rings (SSSR count). The van der Waals surface area contributed by atoms with Crippen LogP contribution in [0.4, 0.5) is 0 Å². The molecule has 18 heavy (non-hydrogen) atoms. The molecule has 1 aliphatic heterocycles. The van der Waals surface area contributed by atoms with Crippen molar-refractivity contribution in [1.82, 2.24) is 0 Å². The number of fused-ring (bicyclic) bond motifs is 5. The number of nitrogens with zero attached hydrogens (tertiary/aromatic N) is 1. The molecular formula is C15H15NOS. The van der Waals surface area contributed by atoms with Crippen LogP contribution in [0.1, 0.15) is 12.0 Å². The molecule has 1 heterocycles. The SMILES string of the molecule is Cc1ccc(S2=NC(=O)[C@@H]3[C@H]2[C@H]2C=C[C@@H]3C2)cc1. The van der Waals surface area contributed by atoms with Crippen molar-refractivity contribution in [3.8, 4) is 0 Å². The minimum atomic E-state index is -0.210. The highest BCUT2D eigenvalue weighted by Crippen LogP contribution is 2.51. The van der Waals surface area contributed by atoms with Gasteiger partial charge in [-0.2, -0.15) is 4.36 Å². The van der Waals surface area contributed by atoms with Gasteiger partial charge in [-0.15, -0.1) is 0 Å². The smallest absolute Gasteiger partial charge is 0.256 e.